The van der Waals surface area contributed by atoms with Crippen LogP contribution in [0.25, 0.3) is 0 Å². The van der Waals surface area contributed by atoms with E-state index in [1.54, 1.807) is 0 Å². The molecule has 3 heteroatoms. The smallest absolute Gasteiger partial charge is 0.0494 e. The van der Waals surface area contributed by atoms with E-state index in [2.05, 4.69) is 51.4 Å². The van der Waals surface area contributed by atoms with E-state index in [4.69, 9.17) is 0 Å². The van der Waals surface area contributed by atoms with E-state index in [9.17, 15) is 5.11 Å². The van der Waals surface area contributed by atoms with Crippen LogP contribution in [0.15, 0.2) is 11.4 Å². The van der Waals surface area contributed by atoms with Crippen molar-refractivity contribution in [1.29, 1.82) is 0 Å². The van der Waals surface area contributed by atoms with Crippen LogP contribution in [0.4, 0.5) is 0 Å². The third-order valence-corrected chi connectivity index (χ3v) is 4.46. The van der Waals surface area contributed by atoms with Gasteiger partial charge in [-0.3, -0.25) is 0 Å². The van der Waals surface area contributed by atoms with Crippen molar-refractivity contribution in [2.75, 3.05) is 19.7 Å². The molecule has 0 saturated carbocycles. The van der Waals surface area contributed by atoms with Gasteiger partial charge >= 0.3 is 0 Å². The molecule has 0 spiro atoms. The number of rotatable bonds is 6. The maximum atomic E-state index is 9.21. The molecule has 0 aliphatic heterocycles. The van der Waals surface area contributed by atoms with Gasteiger partial charge in [-0.05, 0) is 23.9 Å². The van der Waals surface area contributed by atoms with Gasteiger partial charge in [0, 0.05) is 35.4 Å². The zero-order valence-corrected chi connectivity index (χ0v) is 12.4. The Balaban J connectivity index is 2.54. The fraction of sp³-hybridized carbons (Fsp3) is 0.714. The van der Waals surface area contributed by atoms with Crippen molar-refractivity contribution in [3.05, 3.63) is 21.9 Å². The van der Waals surface area contributed by atoms with Crippen LogP contribution in [0.2, 0.25) is 0 Å². The lowest BCUT2D eigenvalue weighted by molar-refractivity contribution is 0.155. The normalized spacial score (nSPS) is 13.1. The van der Waals surface area contributed by atoms with E-state index in [1.807, 2.05) is 11.3 Å². The first-order valence-electron chi connectivity index (χ1n) is 6.15. The zero-order chi connectivity index (χ0) is 13.1. The summed E-state index contributed by atoms with van der Waals surface area (Å²) in [5.41, 5.74) is 1.49. The summed E-state index contributed by atoms with van der Waals surface area (Å²) < 4.78 is 0. The summed E-state index contributed by atoms with van der Waals surface area (Å²) in [5, 5.41) is 14.8. The molecule has 17 heavy (non-hydrogen) atoms. The topological polar surface area (TPSA) is 32.3 Å². The molecule has 2 nitrogen and oxygen atoms in total. The summed E-state index contributed by atoms with van der Waals surface area (Å²) >= 11 is 1.83. The van der Waals surface area contributed by atoms with Gasteiger partial charge in [0.25, 0.3) is 0 Å². The Kier molecular flexibility index (Phi) is 4.76. The van der Waals surface area contributed by atoms with E-state index in [-0.39, 0.29) is 17.4 Å². The van der Waals surface area contributed by atoms with E-state index < -0.39 is 0 Å². The summed E-state index contributed by atoms with van der Waals surface area (Å²) in [4.78, 5) is 1.45. The number of thiophene rings is 1. The summed E-state index contributed by atoms with van der Waals surface area (Å²) in [6, 6.07) is 2.18. The summed E-state index contributed by atoms with van der Waals surface area (Å²) in [5.74, 6) is 0. The number of aryl methyl sites for hydroxylation is 1. The Hall–Kier alpha value is -0.380. The van der Waals surface area contributed by atoms with Crippen LogP contribution >= 0.6 is 11.3 Å². The van der Waals surface area contributed by atoms with Crippen molar-refractivity contribution in [2.24, 2.45) is 5.41 Å². The molecule has 0 saturated heterocycles. The highest BCUT2D eigenvalue weighted by atomic mass is 32.1. The second-order valence-electron chi connectivity index (χ2n) is 6.24. The van der Waals surface area contributed by atoms with Crippen LogP contribution in [-0.2, 0) is 5.41 Å². The number of hydrogen-bond donors (Lipinski definition) is 2. The van der Waals surface area contributed by atoms with Gasteiger partial charge in [0.15, 0.2) is 0 Å². The Morgan fingerprint density at radius 2 is 1.88 bits per heavy atom. The van der Waals surface area contributed by atoms with Gasteiger partial charge in [-0.15, -0.1) is 11.3 Å². The molecule has 0 radical (unpaired) electrons. The standard InChI is InChI=1S/C14H25NOS/c1-11-6-7-17-12(11)14(4,5)9-15-8-13(2,3)10-16/h6-7,15-16H,8-10H2,1-5H3. The van der Waals surface area contributed by atoms with Crippen LogP contribution in [0.5, 0.6) is 0 Å². The molecule has 0 aliphatic rings. The third kappa shape index (κ3) is 4.09. The molecule has 98 valence electrons. The van der Waals surface area contributed by atoms with Crippen molar-refractivity contribution in [3.63, 3.8) is 0 Å². The largest absolute Gasteiger partial charge is 0.396 e. The highest BCUT2D eigenvalue weighted by Gasteiger charge is 2.25. The molecule has 0 bridgehead atoms. The van der Waals surface area contributed by atoms with Crippen LogP contribution in [-0.4, -0.2) is 24.8 Å². The van der Waals surface area contributed by atoms with Gasteiger partial charge < -0.3 is 10.4 Å². The molecular weight excluding hydrogens is 230 g/mol. The molecule has 0 fully saturated rings. The molecule has 1 aromatic rings. The van der Waals surface area contributed by atoms with Crippen LogP contribution in [0.3, 0.4) is 0 Å². The summed E-state index contributed by atoms with van der Waals surface area (Å²) in [6.07, 6.45) is 0. The lowest BCUT2D eigenvalue weighted by Crippen LogP contribution is -2.39. The minimum absolute atomic E-state index is 0.0411. The first-order valence-corrected chi connectivity index (χ1v) is 7.03. The third-order valence-electron chi connectivity index (χ3n) is 3.08. The predicted molar refractivity (Wildman–Crippen MR) is 75.8 cm³/mol. The van der Waals surface area contributed by atoms with E-state index in [0.29, 0.717) is 0 Å². The van der Waals surface area contributed by atoms with Crippen molar-refractivity contribution >= 4 is 11.3 Å². The molecule has 0 unspecified atom stereocenters. The minimum atomic E-state index is -0.0411. The number of hydrogen-bond acceptors (Lipinski definition) is 3. The predicted octanol–water partition coefficient (Wildman–Crippen LogP) is 2.94. The van der Waals surface area contributed by atoms with Crippen LogP contribution in [0.1, 0.15) is 38.1 Å². The lowest BCUT2D eigenvalue weighted by atomic mass is 9.88. The van der Waals surface area contributed by atoms with Crippen LogP contribution in [0, 0.1) is 12.3 Å². The van der Waals surface area contributed by atoms with E-state index in [0.717, 1.165) is 13.1 Å². The second kappa shape index (κ2) is 5.51. The molecule has 1 aromatic heterocycles. The average molecular weight is 255 g/mol. The van der Waals surface area contributed by atoms with Crippen molar-refractivity contribution in [2.45, 2.75) is 40.0 Å². The molecule has 1 rings (SSSR count). The van der Waals surface area contributed by atoms with E-state index in [1.165, 1.54) is 10.4 Å². The molecule has 0 aliphatic carbocycles. The summed E-state index contributed by atoms with van der Waals surface area (Å²) in [7, 11) is 0. The lowest BCUT2D eigenvalue weighted by Gasteiger charge is -2.28. The highest BCUT2D eigenvalue weighted by molar-refractivity contribution is 7.10. The Bertz CT molecular complexity index is 355. The van der Waals surface area contributed by atoms with Gasteiger partial charge in [0.05, 0.1) is 0 Å². The molecule has 2 N–H and O–H groups in total. The molecule has 1 heterocycles. The maximum Gasteiger partial charge on any atom is 0.0494 e. The van der Waals surface area contributed by atoms with Crippen molar-refractivity contribution in [3.8, 4) is 0 Å². The quantitative estimate of drug-likeness (QED) is 0.819. The van der Waals surface area contributed by atoms with E-state index >= 15 is 0 Å². The molecule has 0 aromatic carbocycles. The minimum Gasteiger partial charge on any atom is -0.396 e. The average Bonchev–Trinajstić information content (AvgIpc) is 2.64. The fourth-order valence-electron chi connectivity index (χ4n) is 1.92. The highest BCUT2D eigenvalue weighted by Crippen LogP contribution is 2.30. The first-order chi connectivity index (χ1) is 7.78. The molecular formula is C14H25NOS. The van der Waals surface area contributed by atoms with Crippen molar-refractivity contribution in [1.82, 2.24) is 5.32 Å². The molecule has 0 atom stereocenters. The van der Waals surface area contributed by atoms with Gasteiger partial charge in [0.2, 0.25) is 0 Å². The number of aliphatic hydroxyl groups is 1. The fourth-order valence-corrected chi connectivity index (χ4v) is 2.97. The monoisotopic (exact) mass is 255 g/mol. The second-order valence-corrected chi connectivity index (χ2v) is 7.16. The summed E-state index contributed by atoms with van der Waals surface area (Å²) in [6.45, 7) is 12.9. The first kappa shape index (κ1) is 14.7. The SMILES string of the molecule is Cc1ccsc1C(C)(C)CNCC(C)(C)CO. The van der Waals surface area contributed by atoms with Gasteiger partial charge in [-0.1, -0.05) is 27.7 Å². The zero-order valence-electron chi connectivity index (χ0n) is 11.6. The Labute approximate surface area is 109 Å². The van der Waals surface area contributed by atoms with Gasteiger partial charge in [-0.25, -0.2) is 0 Å². The van der Waals surface area contributed by atoms with Gasteiger partial charge in [-0.2, -0.15) is 0 Å². The number of aliphatic hydroxyl groups excluding tert-OH is 1. The number of nitrogens with one attached hydrogen (secondary N) is 1. The van der Waals surface area contributed by atoms with Crippen molar-refractivity contribution < 1.29 is 5.11 Å². The maximum absolute atomic E-state index is 9.21. The Morgan fingerprint density at radius 3 is 2.35 bits per heavy atom. The van der Waals surface area contributed by atoms with Crippen LogP contribution < -0.4 is 5.32 Å². The van der Waals surface area contributed by atoms with Gasteiger partial charge in [0.1, 0.15) is 0 Å². The Morgan fingerprint density at radius 1 is 1.24 bits per heavy atom. The molecule has 0 amide bonds.